The monoisotopic (exact) mass is 534 g/mol. The third-order valence-electron chi connectivity index (χ3n) is 8.78. The summed E-state index contributed by atoms with van der Waals surface area (Å²) in [7, 11) is 0. The average molecular weight is 535 g/mol. The molecule has 0 radical (unpaired) electrons. The molecule has 2 aromatic carbocycles. The molecule has 3 N–H and O–H groups in total. The largest absolute Gasteiger partial charge is 0.364 e. The van der Waals surface area contributed by atoms with E-state index in [1.165, 1.54) is 22.4 Å². The molecule has 0 atom stereocenters. The number of nitrogens with zero attached hydrogens (tertiary/aromatic N) is 4. The number of amides is 2. The van der Waals surface area contributed by atoms with Crippen molar-refractivity contribution >= 4 is 29.0 Å². The molecule has 0 unspecified atom stereocenters. The van der Waals surface area contributed by atoms with Gasteiger partial charge in [-0.15, -0.1) is 0 Å². The standard InChI is InChI=1S/C32H34N6O2/c1-18-8-9-23-20(14-18)10-11-38-29(35-27(28(33)39)30(38)34-23)22-6-5-7-24(19(22)2)37-13-12-36-25(31(37)40)15-21-16-32(3,4)17-26(21)36/h5-9,14-15,34H,10-13,16-17H2,1-4H3,(H2,33,39). The van der Waals surface area contributed by atoms with Crippen LogP contribution < -0.4 is 16.0 Å². The van der Waals surface area contributed by atoms with Gasteiger partial charge in [-0.1, -0.05) is 43.7 Å². The minimum Gasteiger partial charge on any atom is -0.364 e. The molecule has 4 heterocycles. The number of fused-ring (bicyclic) bond motifs is 5. The molecule has 7 rings (SSSR count). The van der Waals surface area contributed by atoms with Crippen LogP contribution in [0.1, 0.15) is 62.8 Å². The third-order valence-corrected chi connectivity index (χ3v) is 8.78. The zero-order valence-corrected chi connectivity index (χ0v) is 23.5. The lowest BCUT2D eigenvalue weighted by Gasteiger charge is -2.31. The molecule has 4 aromatic rings. The van der Waals surface area contributed by atoms with E-state index in [-0.39, 0.29) is 17.0 Å². The van der Waals surface area contributed by atoms with Crippen molar-refractivity contribution < 1.29 is 9.59 Å². The van der Waals surface area contributed by atoms with Gasteiger partial charge < -0.3 is 25.1 Å². The van der Waals surface area contributed by atoms with Gasteiger partial charge in [-0.05, 0) is 73.4 Å². The molecule has 0 bridgehead atoms. The van der Waals surface area contributed by atoms with Crippen LogP contribution in [-0.2, 0) is 32.4 Å². The maximum absolute atomic E-state index is 13.8. The number of hydrogen-bond acceptors (Lipinski definition) is 4. The SMILES string of the molecule is Cc1ccc2c(c1)CCn1c(-c3cccc(N4CCn5c(cc6c5CC(C)(C)C6)C4=O)c3C)nc(C(N)=O)c1N2. The highest BCUT2D eigenvalue weighted by Crippen LogP contribution is 2.41. The minimum atomic E-state index is -0.574. The van der Waals surface area contributed by atoms with Crippen molar-refractivity contribution in [2.75, 3.05) is 16.8 Å². The van der Waals surface area contributed by atoms with Crippen LogP contribution in [-0.4, -0.2) is 32.5 Å². The minimum absolute atomic E-state index is 0.0333. The molecule has 8 nitrogen and oxygen atoms in total. The molecule has 0 spiro atoms. The van der Waals surface area contributed by atoms with Crippen LogP contribution in [0.2, 0.25) is 0 Å². The van der Waals surface area contributed by atoms with E-state index in [0.717, 1.165) is 54.0 Å². The topological polar surface area (TPSA) is 98.2 Å². The smallest absolute Gasteiger partial charge is 0.274 e. The van der Waals surface area contributed by atoms with Gasteiger partial charge in [-0.3, -0.25) is 9.59 Å². The first-order valence-electron chi connectivity index (χ1n) is 14.0. The van der Waals surface area contributed by atoms with Gasteiger partial charge >= 0.3 is 0 Å². The molecule has 2 aliphatic heterocycles. The van der Waals surface area contributed by atoms with Crippen molar-refractivity contribution in [2.24, 2.45) is 11.1 Å². The second-order valence-electron chi connectivity index (χ2n) is 12.3. The van der Waals surface area contributed by atoms with Crippen LogP contribution in [0, 0.1) is 19.3 Å². The van der Waals surface area contributed by atoms with E-state index >= 15 is 0 Å². The van der Waals surface area contributed by atoms with Gasteiger partial charge in [-0.2, -0.15) is 0 Å². The fraction of sp³-hybridized carbons (Fsp3) is 0.344. The Balaban J connectivity index is 1.28. The first kappa shape index (κ1) is 24.7. The van der Waals surface area contributed by atoms with Gasteiger partial charge in [0, 0.05) is 42.3 Å². The van der Waals surface area contributed by atoms with Gasteiger partial charge in [0.15, 0.2) is 5.69 Å². The van der Waals surface area contributed by atoms with E-state index in [0.29, 0.717) is 24.7 Å². The van der Waals surface area contributed by atoms with E-state index in [2.05, 4.69) is 53.4 Å². The Labute approximate surface area is 233 Å². The first-order valence-corrected chi connectivity index (χ1v) is 14.0. The van der Waals surface area contributed by atoms with E-state index < -0.39 is 5.91 Å². The summed E-state index contributed by atoms with van der Waals surface area (Å²) in [6.07, 6.45) is 2.81. The van der Waals surface area contributed by atoms with Crippen molar-refractivity contribution in [3.63, 3.8) is 0 Å². The van der Waals surface area contributed by atoms with Crippen molar-refractivity contribution in [2.45, 2.75) is 60.0 Å². The summed E-state index contributed by atoms with van der Waals surface area (Å²) in [5.41, 5.74) is 15.7. The van der Waals surface area contributed by atoms with Crippen molar-refractivity contribution in [3.05, 3.63) is 81.8 Å². The Hall–Kier alpha value is -4.33. The normalized spacial score (nSPS) is 17.0. The van der Waals surface area contributed by atoms with Crippen LogP contribution in [0.15, 0.2) is 42.5 Å². The number of carbonyl (C=O) groups is 2. The fourth-order valence-corrected chi connectivity index (χ4v) is 6.88. The number of primary amides is 1. The average Bonchev–Trinajstić information content (AvgIpc) is 3.48. The number of aromatic nitrogens is 3. The number of anilines is 3. The molecule has 0 fully saturated rings. The number of carbonyl (C=O) groups excluding carboxylic acids is 2. The van der Waals surface area contributed by atoms with Gasteiger partial charge in [0.25, 0.3) is 11.8 Å². The lowest BCUT2D eigenvalue weighted by molar-refractivity contribution is 0.0962. The Morgan fingerprint density at radius 2 is 1.82 bits per heavy atom. The number of rotatable bonds is 3. The molecule has 0 saturated carbocycles. The molecular weight excluding hydrogens is 500 g/mol. The number of nitrogens with two attached hydrogens (primary N) is 1. The summed E-state index contributed by atoms with van der Waals surface area (Å²) in [6.45, 7) is 10.7. The van der Waals surface area contributed by atoms with E-state index in [1.54, 1.807) is 0 Å². The second kappa shape index (κ2) is 8.58. The zero-order chi connectivity index (χ0) is 27.9. The lowest BCUT2D eigenvalue weighted by atomic mass is 9.90. The van der Waals surface area contributed by atoms with E-state index in [4.69, 9.17) is 10.7 Å². The van der Waals surface area contributed by atoms with Gasteiger partial charge in [0.05, 0.1) is 0 Å². The Kier molecular flexibility index (Phi) is 5.30. The molecule has 204 valence electrons. The maximum atomic E-state index is 13.8. The first-order chi connectivity index (χ1) is 19.1. The highest BCUT2D eigenvalue weighted by Gasteiger charge is 2.37. The van der Waals surface area contributed by atoms with Crippen LogP contribution in [0.3, 0.4) is 0 Å². The number of benzene rings is 2. The van der Waals surface area contributed by atoms with Crippen molar-refractivity contribution in [3.8, 4) is 11.4 Å². The highest BCUT2D eigenvalue weighted by molar-refractivity contribution is 6.07. The summed E-state index contributed by atoms with van der Waals surface area (Å²) in [6, 6.07) is 14.4. The third kappa shape index (κ3) is 3.69. The highest BCUT2D eigenvalue weighted by atomic mass is 16.2. The Morgan fingerprint density at radius 1 is 1.00 bits per heavy atom. The molecule has 3 aliphatic rings. The predicted molar refractivity (Wildman–Crippen MR) is 156 cm³/mol. The Bertz CT molecular complexity index is 1740. The van der Waals surface area contributed by atoms with Crippen LogP contribution in [0.5, 0.6) is 0 Å². The summed E-state index contributed by atoms with van der Waals surface area (Å²) in [5, 5.41) is 3.44. The summed E-state index contributed by atoms with van der Waals surface area (Å²) in [5.74, 6) is 0.745. The summed E-state index contributed by atoms with van der Waals surface area (Å²) in [4.78, 5) is 33.0. The molecule has 8 heteroatoms. The number of nitrogens with one attached hydrogen (secondary N) is 1. The van der Waals surface area contributed by atoms with Gasteiger partial charge in [0.1, 0.15) is 17.3 Å². The molecule has 40 heavy (non-hydrogen) atoms. The fourth-order valence-electron chi connectivity index (χ4n) is 6.88. The molecular formula is C32H34N6O2. The number of hydrogen-bond donors (Lipinski definition) is 2. The second-order valence-corrected chi connectivity index (χ2v) is 12.3. The Morgan fingerprint density at radius 3 is 2.62 bits per heavy atom. The lowest BCUT2D eigenvalue weighted by Crippen LogP contribution is -2.41. The zero-order valence-electron chi connectivity index (χ0n) is 23.5. The van der Waals surface area contributed by atoms with E-state index in [1.807, 2.05) is 36.1 Å². The number of imidazole rings is 1. The molecule has 2 aromatic heterocycles. The van der Waals surface area contributed by atoms with Crippen LogP contribution in [0.4, 0.5) is 17.2 Å². The van der Waals surface area contributed by atoms with Gasteiger partial charge in [0.2, 0.25) is 0 Å². The maximum Gasteiger partial charge on any atom is 0.274 e. The van der Waals surface area contributed by atoms with Crippen molar-refractivity contribution in [1.29, 1.82) is 0 Å². The van der Waals surface area contributed by atoms with Crippen LogP contribution in [0.25, 0.3) is 11.4 Å². The van der Waals surface area contributed by atoms with Crippen molar-refractivity contribution in [1.82, 2.24) is 14.1 Å². The van der Waals surface area contributed by atoms with Crippen LogP contribution >= 0.6 is 0 Å². The summed E-state index contributed by atoms with van der Waals surface area (Å²) < 4.78 is 4.29. The van der Waals surface area contributed by atoms with Gasteiger partial charge in [-0.25, -0.2) is 4.98 Å². The van der Waals surface area contributed by atoms with E-state index in [9.17, 15) is 9.59 Å². The summed E-state index contributed by atoms with van der Waals surface area (Å²) >= 11 is 0. The molecule has 0 saturated heterocycles. The predicted octanol–water partition coefficient (Wildman–Crippen LogP) is 5.15. The molecule has 1 aliphatic carbocycles. The quantitative estimate of drug-likeness (QED) is 0.380. The number of aryl methyl sites for hydroxylation is 2. The molecule has 2 amide bonds.